The van der Waals surface area contributed by atoms with E-state index in [1.807, 2.05) is 0 Å². The first-order valence-electron chi connectivity index (χ1n) is 8.02. The number of rotatable bonds is 3. The molecule has 2 bridgehead atoms. The van der Waals surface area contributed by atoms with Crippen LogP contribution in [0.15, 0.2) is 24.4 Å². The summed E-state index contributed by atoms with van der Waals surface area (Å²) in [6.07, 6.45) is 6.44. The zero-order chi connectivity index (χ0) is 16.8. The lowest BCUT2D eigenvalue weighted by Gasteiger charge is -2.22. The highest BCUT2D eigenvalue weighted by Gasteiger charge is 2.40. The van der Waals surface area contributed by atoms with Crippen LogP contribution < -0.4 is 5.32 Å². The number of hydrogen-bond acceptors (Lipinski definition) is 2. The normalized spacial score (nSPS) is 25.2. The molecule has 1 heterocycles. The number of aromatic nitrogens is 2. The molecule has 2 saturated carbocycles. The summed E-state index contributed by atoms with van der Waals surface area (Å²) in [6.45, 7) is 0. The molecule has 4 rings (SSSR count). The van der Waals surface area contributed by atoms with Crippen molar-refractivity contribution in [3.8, 4) is 5.69 Å². The van der Waals surface area contributed by atoms with Gasteiger partial charge in [-0.3, -0.25) is 4.79 Å². The van der Waals surface area contributed by atoms with Crippen LogP contribution in [0, 0.1) is 11.8 Å². The van der Waals surface area contributed by atoms with E-state index in [2.05, 4.69) is 10.4 Å². The van der Waals surface area contributed by atoms with Crippen molar-refractivity contribution in [3.05, 3.63) is 45.2 Å². The number of nitrogens with one attached hydrogen (secondary N) is 1. The van der Waals surface area contributed by atoms with E-state index in [1.165, 1.54) is 23.9 Å². The van der Waals surface area contributed by atoms with E-state index < -0.39 is 0 Å². The van der Waals surface area contributed by atoms with Gasteiger partial charge in [0.05, 0.1) is 11.3 Å². The van der Waals surface area contributed by atoms with E-state index in [4.69, 9.17) is 34.8 Å². The monoisotopic (exact) mass is 383 g/mol. The molecule has 1 aromatic heterocycles. The standard InChI is InChI=1S/C17H16Cl3N3O/c18-11-5-12(19)7-13(6-11)23-8-14(16(20)22-23)17(24)21-15-4-9-1-2-10(15)3-9/h5-10,15H,1-4H2,(H,21,24)/t9-,10+,15-/m1/s1. The highest BCUT2D eigenvalue weighted by atomic mass is 35.5. The Kier molecular flexibility index (Phi) is 4.23. The molecule has 126 valence electrons. The lowest BCUT2D eigenvalue weighted by Crippen LogP contribution is -2.38. The van der Waals surface area contributed by atoms with Gasteiger partial charge in [-0.25, -0.2) is 4.68 Å². The van der Waals surface area contributed by atoms with Crippen molar-refractivity contribution in [2.75, 3.05) is 0 Å². The van der Waals surface area contributed by atoms with E-state index in [-0.39, 0.29) is 17.1 Å². The largest absolute Gasteiger partial charge is 0.349 e. The average Bonchev–Trinajstić information content (AvgIpc) is 3.21. The zero-order valence-electron chi connectivity index (χ0n) is 12.8. The molecule has 7 heteroatoms. The Bertz CT molecular complexity index is 784. The Labute approximate surface area is 155 Å². The molecule has 0 unspecified atom stereocenters. The van der Waals surface area contributed by atoms with Gasteiger partial charge in [-0.1, -0.05) is 41.2 Å². The molecular weight excluding hydrogens is 369 g/mol. The van der Waals surface area contributed by atoms with Crippen molar-refractivity contribution < 1.29 is 4.79 Å². The molecule has 2 aliphatic carbocycles. The lowest BCUT2D eigenvalue weighted by atomic mass is 9.95. The molecule has 2 aromatic rings. The number of benzene rings is 1. The highest BCUT2D eigenvalue weighted by Crippen LogP contribution is 2.44. The van der Waals surface area contributed by atoms with Crippen molar-refractivity contribution in [2.45, 2.75) is 31.7 Å². The average molecular weight is 385 g/mol. The zero-order valence-corrected chi connectivity index (χ0v) is 15.1. The maximum absolute atomic E-state index is 12.6. The van der Waals surface area contributed by atoms with Crippen LogP contribution in [0.4, 0.5) is 0 Å². The summed E-state index contributed by atoms with van der Waals surface area (Å²) in [6, 6.07) is 5.33. The van der Waals surface area contributed by atoms with Crippen molar-refractivity contribution in [1.82, 2.24) is 15.1 Å². The molecule has 1 aromatic carbocycles. The van der Waals surface area contributed by atoms with Gasteiger partial charge in [0.15, 0.2) is 5.15 Å². The van der Waals surface area contributed by atoms with Crippen LogP contribution in [0.25, 0.3) is 5.69 Å². The van der Waals surface area contributed by atoms with Crippen molar-refractivity contribution in [2.24, 2.45) is 11.8 Å². The van der Waals surface area contributed by atoms with Gasteiger partial charge in [0.1, 0.15) is 0 Å². The predicted octanol–water partition coefficient (Wildman–Crippen LogP) is 4.75. The Morgan fingerprint density at radius 3 is 2.50 bits per heavy atom. The Morgan fingerprint density at radius 2 is 1.88 bits per heavy atom. The summed E-state index contributed by atoms with van der Waals surface area (Å²) in [5.74, 6) is 1.21. The third kappa shape index (κ3) is 3.03. The predicted molar refractivity (Wildman–Crippen MR) is 95.3 cm³/mol. The smallest absolute Gasteiger partial charge is 0.256 e. The second-order valence-electron chi connectivity index (χ2n) is 6.66. The molecular formula is C17H16Cl3N3O. The van der Waals surface area contributed by atoms with Gasteiger partial charge < -0.3 is 5.32 Å². The van der Waals surface area contributed by atoms with Crippen LogP contribution >= 0.6 is 34.8 Å². The number of fused-ring (bicyclic) bond motifs is 2. The van der Waals surface area contributed by atoms with Gasteiger partial charge in [-0.2, -0.15) is 5.10 Å². The summed E-state index contributed by atoms with van der Waals surface area (Å²) >= 11 is 18.2. The van der Waals surface area contributed by atoms with Crippen LogP contribution in [0.1, 0.15) is 36.0 Å². The molecule has 0 aliphatic heterocycles. The summed E-state index contributed by atoms with van der Waals surface area (Å²) < 4.78 is 1.52. The number of amides is 1. The van der Waals surface area contributed by atoms with Gasteiger partial charge in [-0.15, -0.1) is 0 Å². The van der Waals surface area contributed by atoms with E-state index in [0.717, 1.165) is 12.3 Å². The minimum absolute atomic E-state index is 0.170. The number of carbonyl (C=O) groups excluding carboxylic acids is 1. The molecule has 2 aliphatic rings. The number of nitrogens with zero attached hydrogens (tertiary/aromatic N) is 2. The summed E-state index contributed by atoms with van der Waals surface area (Å²) in [7, 11) is 0. The molecule has 3 atom stereocenters. The molecule has 1 amide bonds. The van der Waals surface area contributed by atoms with E-state index >= 15 is 0 Å². The minimum Gasteiger partial charge on any atom is -0.349 e. The van der Waals surface area contributed by atoms with Crippen LogP contribution in [0.5, 0.6) is 0 Å². The summed E-state index contributed by atoms with van der Waals surface area (Å²) in [4.78, 5) is 12.6. The van der Waals surface area contributed by atoms with Crippen LogP contribution in [-0.4, -0.2) is 21.7 Å². The third-order valence-corrected chi connectivity index (χ3v) is 5.80. The van der Waals surface area contributed by atoms with Gasteiger partial charge in [-0.05, 0) is 49.3 Å². The van der Waals surface area contributed by atoms with Crippen molar-refractivity contribution in [1.29, 1.82) is 0 Å². The van der Waals surface area contributed by atoms with Crippen molar-refractivity contribution in [3.63, 3.8) is 0 Å². The van der Waals surface area contributed by atoms with E-state index in [1.54, 1.807) is 24.4 Å². The summed E-state index contributed by atoms with van der Waals surface area (Å²) in [5.41, 5.74) is 1.03. The minimum atomic E-state index is -0.170. The van der Waals surface area contributed by atoms with Crippen LogP contribution in [0.3, 0.4) is 0 Å². The topological polar surface area (TPSA) is 46.9 Å². The maximum atomic E-state index is 12.6. The van der Waals surface area contributed by atoms with Crippen molar-refractivity contribution >= 4 is 40.7 Å². The number of hydrogen-bond donors (Lipinski definition) is 1. The van der Waals surface area contributed by atoms with Crippen LogP contribution in [0.2, 0.25) is 15.2 Å². The first-order valence-corrected chi connectivity index (χ1v) is 9.15. The molecule has 1 N–H and O–H groups in total. The molecule has 4 nitrogen and oxygen atoms in total. The molecule has 0 saturated heterocycles. The Morgan fingerprint density at radius 1 is 1.12 bits per heavy atom. The van der Waals surface area contributed by atoms with Gasteiger partial charge in [0.2, 0.25) is 0 Å². The van der Waals surface area contributed by atoms with E-state index in [9.17, 15) is 4.79 Å². The maximum Gasteiger partial charge on any atom is 0.256 e. The first kappa shape index (κ1) is 16.2. The first-order chi connectivity index (χ1) is 11.5. The quantitative estimate of drug-likeness (QED) is 0.830. The van der Waals surface area contributed by atoms with Crippen LogP contribution in [-0.2, 0) is 0 Å². The Balaban J connectivity index is 1.55. The van der Waals surface area contributed by atoms with Gasteiger partial charge in [0, 0.05) is 22.3 Å². The highest BCUT2D eigenvalue weighted by molar-refractivity contribution is 6.35. The molecule has 24 heavy (non-hydrogen) atoms. The third-order valence-electron chi connectivity index (χ3n) is 5.08. The number of halogens is 3. The molecule has 0 spiro atoms. The molecule has 2 fully saturated rings. The second-order valence-corrected chi connectivity index (χ2v) is 7.89. The summed E-state index contributed by atoms with van der Waals surface area (Å²) in [5, 5.41) is 8.50. The van der Waals surface area contributed by atoms with Gasteiger partial charge in [0.25, 0.3) is 5.91 Å². The number of carbonyl (C=O) groups is 1. The Hall–Kier alpha value is -1.23. The molecule has 0 radical (unpaired) electrons. The van der Waals surface area contributed by atoms with E-state index in [0.29, 0.717) is 27.2 Å². The fourth-order valence-corrected chi connectivity index (χ4v) is 4.71. The second kappa shape index (κ2) is 6.25. The lowest BCUT2D eigenvalue weighted by molar-refractivity contribution is 0.0923. The van der Waals surface area contributed by atoms with Gasteiger partial charge >= 0.3 is 0 Å². The fourth-order valence-electron chi connectivity index (χ4n) is 3.98. The fraction of sp³-hybridized carbons (Fsp3) is 0.412. The SMILES string of the molecule is O=C(N[C@@H]1C[C@@H]2CC[C@H]1C2)c1cn(-c2cc(Cl)cc(Cl)c2)nc1Cl.